The maximum Gasteiger partial charge on any atom is 0.416 e. The molecule has 1 aromatic rings. The zero-order valence-electron chi connectivity index (χ0n) is 8.77. The number of alkyl halides is 7. The molecule has 1 aromatic carbocycles. The minimum Gasteiger partial charge on any atom is -0.258 e. The maximum atomic E-state index is 12.6. The maximum absolute atomic E-state index is 12.6. The number of rotatable bonds is 2. The van der Waals surface area contributed by atoms with Gasteiger partial charge in [0, 0.05) is 17.5 Å². The zero-order valence-corrected chi connectivity index (χ0v) is 10.4. The number of nitro benzene ring substituents is 1. The van der Waals surface area contributed by atoms with Crippen LogP contribution in [0, 0.1) is 10.1 Å². The minimum atomic E-state index is -5.12. The highest BCUT2D eigenvalue weighted by Gasteiger charge is 2.42. The topological polar surface area (TPSA) is 43.1 Å². The van der Waals surface area contributed by atoms with Gasteiger partial charge in [0.1, 0.15) is 0 Å². The van der Waals surface area contributed by atoms with Crippen LogP contribution in [0.1, 0.15) is 16.7 Å². The fourth-order valence-corrected chi connectivity index (χ4v) is 2.02. The molecule has 0 saturated heterocycles. The summed E-state index contributed by atoms with van der Waals surface area (Å²) < 4.78 is 75.8. The van der Waals surface area contributed by atoms with E-state index in [2.05, 4.69) is 15.9 Å². The molecule has 0 aromatic heterocycles. The van der Waals surface area contributed by atoms with Crippen molar-refractivity contribution < 1.29 is 31.3 Å². The van der Waals surface area contributed by atoms with Gasteiger partial charge < -0.3 is 0 Å². The quantitative estimate of drug-likeness (QED) is 0.340. The van der Waals surface area contributed by atoms with Gasteiger partial charge in [-0.25, -0.2) is 0 Å². The molecule has 0 aliphatic carbocycles. The Hall–Kier alpha value is -1.32. The van der Waals surface area contributed by atoms with Gasteiger partial charge in [0.2, 0.25) is 0 Å². The van der Waals surface area contributed by atoms with E-state index in [4.69, 9.17) is 0 Å². The van der Waals surface area contributed by atoms with Crippen molar-refractivity contribution in [1.29, 1.82) is 0 Å². The van der Waals surface area contributed by atoms with E-state index in [0.29, 0.717) is 0 Å². The van der Waals surface area contributed by atoms with Crippen LogP contribution >= 0.6 is 15.9 Å². The number of benzene rings is 1. The largest absolute Gasteiger partial charge is 0.416 e. The van der Waals surface area contributed by atoms with Crippen LogP contribution in [0.15, 0.2) is 12.1 Å². The van der Waals surface area contributed by atoms with Crippen molar-refractivity contribution in [2.45, 2.75) is 17.7 Å². The molecule has 0 amide bonds. The van der Waals surface area contributed by atoms with Crippen LogP contribution in [-0.4, -0.2) is 4.92 Å². The van der Waals surface area contributed by atoms with E-state index in [0.717, 1.165) is 0 Å². The third-order valence-corrected chi connectivity index (χ3v) is 2.75. The summed E-state index contributed by atoms with van der Waals surface area (Å²) in [5.41, 5.74) is -5.69. The third-order valence-electron chi connectivity index (χ3n) is 2.19. The first-order valence-corrected chi connectivity index (χ1v) is 5.62. The minimum absolute atomic E-state index is 0.0891. The van der Waals surface area contributed by atoms with Gasteiger partial charge in [-0.05, 0) is 5.56 Å². The molecule has 0 saturated carbocycles. The van der Waals surface area contributed by atoms with Crippen LogP contribution in [0.25, 0.3) is 0 Å². The molecule has 3 nitrogen and oxygen atoms in total. The molecular formula is C9H4BrF6NO2. The number of hydrogen-bond donors (Lipinski definition) is 0. The summed E-state index contributed by atoms with van der Waals surface area (Å²) >= 11 is 2.54. The SMILES string of the molecule is O=[N+]([O-])c1cc(C(F)(F)F)c(CBr)c(C(F)(F)F)c1. The Kier molecular flexibility index (Phi) is 4.13. The van der Waals surface area contributed by atoms with Crippen LogP contribution < -0.4 is 0 Å². The molecule has 0 N–H and O–H groups in total. The van der Waals surface area contributed by atoms with Crippen molar-refractivity contribution in [3.63, 3.8) is 0 Å². The van der Waals surface area contributed by atoms with Crippen molar-refractivity contribution in [2.75, 3.05) is 0 Å². The highest BCUT2D eigenvalue weighted by atomic mass is 79.9. The van der Waals surface area contributed by atoms with Crippen LogP contribution in [0.3, 0.4) is 0 Å². The molecule has 0 unspecified atom stereocenters. The second kappa shape index (κ2) is 4.99. The smallest absolute Gasteiger partial charge is 0.258 e. The molecule has 0 aliphatic rings. The molecule has 0 heterocycles. The Balaban J connectivity index is 3.72. The van der Waals surface area contributed by atoms with Gasteiger partial charge in [0.05, 0.1) is 16.1 Å². The lowest BCUT2D eigenvalue weighted by Gasteiger charge is -2.17. The Morgan fingerprint density at radius 1 is 1.05 bits per heavy atom. The number of halogens is 7. The molecule has 1 rings (SSSR count). The molecule has 0 atom stereocenters. The number of non-ortho nitro benzene ring substituents is 1. The van der Waals surface area contributed by atoms with Crippen molar-refractivity contribution in [3.8, 4) is 0 Å². The summed E-state index contributed by atoms with van der Waals surface area (Å²) in [4.78, 5) is 9.11. The highest BCUT2D eigenvalue weighted by molar-refractivity contribution is 9.08. The lowest BCUT2D eigenvalue weighted by molar-refractivity contribution is -0.385. The number of hydrogen-bond acceptors (Lipinski definition) is 2. The first kappa shape index (κ1) is 15.7. The summed E-state index contributed by atoms with van der Waals surface area (Å²) in [6, 6.07) is 0.178. The Morgan fingerprint density at radius 2 is 1.42 bits per heavy atom. The molecule has 0 bridgehead atoms. The molecule has 19 heavy (non-hydrogen) atoms. The first-order valence-electron chi connectivity index (χ1n) is 4.50. The normalized spacial score (nSPS) is 12.6. The molecular weight excluding hydrogens is 348 g/mol. The Labute approximate surface area is 110 Å². The number of nitrogens with zero attached hydrogens (tertiary/aromatic N) is 1. The fourth-order valence-electron chi connectivity index (χ4n) is 1.41. The van der Waals surface area contributed by atoms with E-state index >= 15 is 0 Å². The van der Waals surface area contributed by atoms with E-state index < -0.39 is 45.0 Å². The lowest BCUT2D eigenvalue weighted by atomic mass is 10.0. The van der Waals surface area contributed by atoms with Gasteiger partial charge >= 0.3 is 12.4 Å². The van der Waals surface area contributed by atoms with E-state index in [-0.39, 0.29) is 12.1 Å². The molecule has 106 valence electrons. The molecule has 0 spiro atoms. The summed E-state index contributed by atoms with van der Waals surface area (Å²) in [5, 5.41) is 9.69. The monoisotopic (exact) mass is 351 g/mol. The van der Waals surface area contributed by atoms with E-state index in [1.807, 2.05) is 0 Å². The van der Waals surface area contributed by atoms with Crippen molar-refractivity contribution >= 4 is 21.6 Å². The van der Waals surface area contributed by atoms with Gasteiger partial charge in [-0.2, -0.15) is 26.3 Å². The molecule has 0 radical (unpaired) electrons. The van der Waals surface area contributed by atoms with Crippen LogP contribution in [0.2, 0.25) is 0 Å². The van der Waals surface area contributed by atoms with E-state index in [1.165, 1.54) is 0 Å². The summed E-state index contributed by atoms with van der Waals surface area (Å²) in [7, 11) is 0. The fraction of sp³-hybridized carbons (Fsp3) is 0.333. The van der Waals surface area contributed by atoms with E-state index in [9.17, 15) is 36.5 Å². The van der Waals surface area contributed by atoms with Crippen molar-refractivity contribution in [1.82, 2.24) is 0 Å². The van der Waals surface area contributed by atoms with Crippen molar-refractivity contribution in [3.05, 3.63) is 38.9 Å². The summed E-state index contributed by atoms with van der Waals surface area (Å²) in [6.07, 6.45) is -10.2. The highest BCUT2D eigenvalue weighted by Crippen LogP contribution is 2.42. The second-order valence-corrected chi connectivity index (χ2v) is 3.97. The second-order valence-electron chi connectivity index (χ2n) is 3.41. The van der Waals surface area contributed by atoms with Gasteiger partial charge in [0.25, 0.3) is 5.69 Å². The van der Waals surface area contributed by atoms with Crippen LogP contribution in [-0.2, 0) is 17.7 Å². The Bertz CT molecular complexity index is 475. The lowest BCUT2D eigenvalue weighted by Crippen LogP contribution is -2.16. The average Bonchev–Trinajstić information content (AvgIpc) is 2.24. The van der Waals surface area contributed by atoms with Gasteiger partial charge in [0.15, 0.2) is 0 Å². The third kappa shape index (κ3) is 3.37. The predicted molar refractivity (Wildman–Crippen MR) is 55.7 cm³/mol. The average molecular weight is 352 g/mol. The zero-order chi connectivity index (χ0) is 15.0. The molecule has 0 aliphatic heterocycles. The summed E-state index contributed by atoms with van der Waals surface area (Å²) in [6.45, 7) is 0. The van der Waals surface area contributed by atoms with Crippen LogP contribution in [0.5, 0.6) is 0 Å². The standard InChI is InChI=1S/C9H4BrF6NO2/c10-3-5-6(8(11,12)13)1-4(17(18)19)2-7(5)9(14,15)16/h1-2H,3H2. The van der Waals surface area contributed by atoms with Crippen LogP contribution in [0.4, 0.5) is 32.0 Å². The predicted octanol–water partition coefficient (Wildman–Crippen LogP) is 4.53. The van der Waals surface area contributed by atoms with Crippen molar-refractivity contribution in [2.24, 2.45) is 0 Å². The van der Waals surface area contributed by atoms with Gasteiger partial charge in [-0.15, -0.1) is 0 Å². The molecule has 10 heteroatoms. The summed E-state index contributed by atoms with van der Waals surface area (Å²) in [5.74, 6) is 0. The number of nitro groups is 1. The van der Waals surface area contributed by atoms with Gasteiger partial charge in [-0.1, -0.05) is 15.9 Å². The van der Waals surface area contributed by atoms with Gasteiger partial charge in [-0.3, -0.25) is 10.1 Å². The first-order chi connectivity index (χ1) is 8.48. The Morgan fingerprint density at radius 3 is 1.63 bits per heavy atom. The van der Waals surface area contributed by atoms with E-state index in [1.54, 1.807) is 0 Å². The molecule has 0 fully saturated rings.